The second-order valence-corrected chi connectivity index (χ2v) is 5.71. The fourth-order valence-corrected chi connectivity index (χ4v) is 2.94. The van der Waals surface area contributed by atoms with Gasteiger partial charge >= 0.3 is 0 Å². The van der Waals surface area contributed by atoms with Crippen LogP contribution in [0.5, 0.6) is 0 Å². The smallest absolute Gasteiger partial charge is 0.187 e. The Balaban J connectivity index is 2.23. The molecular formula is C11H15BrN2OS. The van der Waals surface area contributed by atoms with E-state index in [0.29, 0.717) is 5.92 Å². The molecule has 1 aliphatic rings. The van der Waals surface area contributed by atoms with Gasteiger partial charge < -0.3 is 5.11 Å². The highest BCUT2D eigenvalue weighted by Gasteiger charge is 2.27. The molecule has 0 bridgehead atoms. The van der Waals surface area contributed by atoms with Crippen molar-refractivity contribution in [1.82, 2.24) is 9.97 Å². The van der Waals surface area contributed by atoms with Crippen molar-refractivity contribution in [1.29, 1.82) is 0 Å². The van der Waals surface area contributed by atoms with Crippen molar-refractivity contribution in [2.75, 3.05) is 6.26 Å². The van der Waals surface area contributed by atoms with Crippen LogP contribution >= 0.6 is 27.7 Å². The van der Waals surface area contributed by atoms with Crippen LogP contribution in [0.15, 0.2) is 15.8 Å². The normalized spacial score (nSPS) is 18.9. The minimum atomic E-state index is -0.453. The number of rotatable bonds is 3. The highest BCUT2D eigenvalue weighted by atomic mass is 79.9. The molecule has 1 atom stereocenters. The lowest BCUT2D eigenvalue weighted by atomic mass is 9.98. The van der Waals surface area contributed by atoms with Crippen LogP contribution in [0.2, 0.25) is 0 Å². The highest BCUT2D eigenvalue weighted by Crippen LogP contribution is 2.37. The maximum Gasteiger partial charge on any atom is 0.187 e. The van der Waals surface area contributed by atoms with Gasteiger partial charge in [-0.15, -0.1) is 0 Å². The molecule has 16 heavy (non-hydrogen) atoms. The number of aliphatic hydroxyl groups is 1. The number of halogens is 1. The molecule has 0 radical (unpaired) electrons. The van der Waals surface area contributed by atoms with Crippen molar-refractivity contribution in [2.24, 2.45) is 5.92 Å². The van der Waals surface area contributed by atoms with Crippen molar-refractivity contribution < 1.29 is 5.11 Å². The molecule has 1 saturated carbocycles. The Morgan fingerprint density at radius 3 is 2.81 bits per heavy atom. The molecule has 1 heterocycles. The fourth-order valence-electron chi connectivity index (χ4n) is 2.17. The van der Waals surface area contributed by atoms with Gasteiger partial charge in [-0.1, -0.05) is 24.6 Å². The Labute approximate surface area is 108 Å². The predicted molar refractivity (Wildman–Crippen MR) is 68.4 cm³/mol. The molecule has 1 aromatic heterocycles. The van der Waals surface area contributed by atoms with Crippen molar-refractivity contribution in [3.05, 3.63) is 16.4 Å². The van der Waals surface area contributed by atoms with Gasteiger partial charge in [0.15, 0.2) is 5.16 Å². The third-order valence-electron chi connectivity index (χ3n) is 3.06. The van der Waals surface area contributed by atoms with E-state index >= 15 is 0 Å². The van der Waals surface area contributed by atoms with Gasteiger partial charge in [-0.3, -0.25) is 0 Å². The van der Waals surface area contributed by atoms with Crippen LogP contribution in [0, 0.1) is 5.92 Å². The standard InChI is InChI=1S/C11H15BrN2OS/c1-16-11-13-6-8(12)9(14-11)10(15)7-4-2-3-5-7/h6-7,10,15H,2-5H2,1H3. The maximum atomic E-state index is 10.3. The van der Waals surface area contributed by atoms with Gasteiger partial charge in [-0.25, -0.2) is 9.97 Å². The van der Waals surface area contributed by atoms with Crippen molar-refractivity contribution in [3.63, 3.8) is 0 Å². The van der Waals surface area contributed by atoms with E-state index in [4.69, 9.17) is 0 Å². The Hall–Kier alpha value is -0.130. The van der Waals surface area contributed by atoms with Gasteiger partial charge in [-0.2, -0.15) is 0 Å². The van der Waals surface area contributed by atoms with Gasteiger partial charge in [0.1, 0.15) is 6.10 Å². The summed E-state index contributed by atoms with van der Waals surface area (Å²) in [6.45, 7) is 0. The zero-order valence-electron chi connectivity index (χ0n) is 9.19. The van der Waals surface area contributed by atoms with Crippen LogP contribution in [-0.2, 0) is 0 Å². The minimum Gasteiger partial charge on any atom is -0.386 e. The van der Waals surface area contributed by atoms with Gasteiger partial charge in [-0.05, 0) is 40.9 Å². The monoisotopic (exact) mass is 302 g/mol. The second kappa shape index (κ2) is 5.47. The van der Waals surface area contributed by atoms with E-state index in [1.54, 1.807) is 6.20 Å². The quantitative estimate of drug-likeness (QED) is 0.688. The molecule has 0 spiro atoms. The first-order chi connectivity index (χ1) is 7.72. The topological polar surface area (TPSA) is 46.0 Å². The highest BCUT2D eigenvalue weighted by molar-refractivity contribution is 9.10. The van der Waals surface area contributed by atoms with E-state index in [9.17, 15) is 5.11 Å². The molecule has 1 fully saturated rings. The first-order valence-electron chi connectivity index (χ1n) is 5.47. The zero-order valence-corrected chi connectivity index (χ0v) is 11.6. The fraction of sp³-hybridized carbons (Fsp3) is 0.636. The van der Waals surface area contributed by atoms with Crippen LogP contribution < -0.4 is 0 Å². The number of aliphatic hydroxyl groups excluding tert-OH is 1. The number of aromatic nitrogens is 2. The molecule has 1 aromatic rings. The summed E-state index contributed by atoms with van der Waals surface area (Å²) in [5.74, 6) is 0.362. The van der Waals surface area contributed by atoms with Gasteiger partial charge in [0.05, 0.1) is 10.2 Å². The molecule has 88 valence electrons. The Morgan fingerprint density at radius 2 is 2.19 bits per heavy atom. The Bertz CT molecular complexity index is 369. The molecule has 5 heteroatoms. The number of nitrogens with zero attached hydrogens (tertiary/aromatic N) is 2. The predicted octanol–water partition coefficient (Wildman–Crippen LogP) is 3.18. The lowest BCUT2D eigenvalue weighted by Gasteiger charge is -2.18. The van der Waals surface area contributed by atoms with Gasteiger partial charge in [0.25, 0.3) is 0 Å². The molecule has 1 aliphatic carbocycles. The summed E-state index contributed by atoms with van der Waals surface area (Å²) in [7, 11) is 0. The average molecular weight is 303 g/mol. The van der Waals surface area contributed by atoms with Crippen LogP contribution in [0.1, 0.15) is 37.5 Å². The Kier molecular flexibility index (Phi) is 4.21. The number of thioether (sulfide) groups is 1. The molecule has 2 rings (SSSR count). The van der Waals surface area contributed by atoms with E-state index in [2.05, 4.69) is 25.9 Å². The van der Waals surface area contributed by atoms with Crippen LogP contribution in [-0.4, -0.2) is 21.3 Å². The number of hydrogen-bond donors (Lipinski definition) is 1. The molecule has 0 amide bonds. The molecule has 0 saturated heterocycles. The van der Waals surface area contributed by atoms with E-state index in [1.807, 2.05) is 6.26 Å². The molecule has 3 nitrogen and oxygen atoms in total. The van der Waals surface area contributed by atoms with Crippen molar-refractivity contribution >= 4 is 27.7 Å². The van der Waals surface area contributed by atoms with E-state index < -0.39 is 6.10 Å². The van der Waals surface area contributed by atoms with Crippen LogP contribution in [0.4, 0.5) is 0 Å². The van der Waals surface area contributed by atoms with E-state index in [-0.39, 0.29) is 0 Å². The third kappa shape index (κ3) is 2.57. The second-order valence-electron chi connectivity index (χ2n) is 4.08. The first kappa shape index (κ1) is 12.3. The van der Waals surface area contributed by atoms with E-state index in [0.717, 1.165) is 28.2 Å². The summed E-state index contributed by atoms with van der Waals surface area (Å²) in [5.41, 5.74) is 0.742. The molecular weight excluding hydrogens is 288 g/mol. The lowest BCUT2D eigenvalue weighted by Crippen LogP contribution is -2.12. The molecule has 1 N–H and O–H groups in total. The van der Waals surface area contributed by atoms with Crippen LogP contribution in [0.3, 0.4) is 0 Å². The third-order valence-corrected chi connectivity index (χ3v) is 4.23. The summed E-state index contributed by atoms with van der Waals surface area (Å²) in [4.78, 5) is 8.55. The maximum absolute atomic E-state index is 10.3. The average Bonchev–Trinajstić information content (AvgIpc) is 2.82. The van der Waals surface area contributed by atoms with Crippen LogP contribution in [0.25, 0.3) is 0 Å². The minimum absolute atomic E-state index is 0.362. The van der Waals surface area contributed by atoms with Crippen molar-refractivity contribution in [3.8, 4) is 0 Å². The summed E-state index contributed by atoms with van der Waals surface area (Å²) in [5, 5.41) is 11.0. The summed E-state index contributed by atoms with van der Waals surface area (Å²) < 4.78 is 0.810. The molecule has 0 aliphatic heterocycles. The number of hydrogen-bond acceptors (Lipinski definition) is 4. The lowest BCUT2D eigenvalue weighted by molar-refractivity contribution is 0.106. The van der Waals surface area contributed by atoms with E-state index in [1.165, 1.54) is 24.6 Å². The molecule has 0 aromatic carbocycles. The first-order valence-corrected chi connectivity index (χ1v) is 7.48. The summed E-state index contributed by atoms with van der Waals surface area (Å²) >= 11 is 4.91. The van der Waals surface area contributed by atoms with Gasteiger partial charge in [0, 0.05) is 6.20 Å². The van der Waals surface area contributed by atoms with Gasteiger partial charge in [0.2, 0.25) is 0 Å². The SMILES string of the molecule is CSc1ncc(Br)c(C(O)C2CCCC2)n1. The Morgan fingerprint density at radius 1 is 1.50 bits per heavy atom. The molecule has 1 unspecified atom stereocenters. The largest absolute Gasteiger partial charge is 0.386 e. The van der Waals surface area contributed by atoms with Crippen molar-refractivity contribution in [2.45, 2.75) is 36.9 Å². The summed E-state index contributed by atoms with van der Waals surface area (Å²) in [6, 6.07) is 0. The summed E-state index contributed by atoms with van der Waals surface area (Å²) in [6.07, 6.45) is 7.87. The zero-order chi connectivity index (χ0) is 11.5.